The molecule has 0 spiro atoms. The van der Waals surface area contributed by atoms with E-state index in [4.69, 9.17) is 0 Å². The lowest BCUT2D eigenvalue weighted by Gasteiger charge is -2.36. The maximum atomic E-state index is 12.7. The van der Waals surface area contributed by atoms with Crippen molar-refractivity contribution in [2.24, 2.45) is 0 Å². The summed E-state index contributed by atoms with van der Waals surface area (Å²) in [6.07, 6.45) is -2.81. The average Bonchev–Trinajstić information content (AvgIpc) is 2.44. The summed E-state index contributed by atoms with van der Waals surface area (Å²) in [7, 11) is 0. The van der Waals surface area contributed by atoms with E-state index >= 15 is 0 Å². The topological polar surface area (TPSA) is 41.1 Å². The van der Waals surface area contributed by atoms with Gasteiger partial charge in [-0.2, -0.15) is 13.2 Å². The van der Waals surface area contributed by atoms with Crippen LogP contribution in [0.1, 0.15) is 19.4 Å². The predicted octanol–water partition coefficient (Wildman–Crippen LogP) is 2.84. The summed E-state index contributed by atoms with van der Waals surface area (Å²) < 4.78 is 38.1. The second-order valence-electron chi connectivity index (χ2n) is 5.80. The van der Waals surface area contributed by atoms with Gasteiger partial charge in [0.25, 0.3) is 0 Å². The van der Waals surface area contributed by atoms with Crippen molar-refractivity contribution in [2.75, 3.05) is 18.0 Å². The molecule has 2 atom stereocenters. The van der Waals surface area contributed by atoms with Crippen molar-refractivity contribution in [3.63, 3.8) is 0 Å². The third-order valence-electron chi connectivity index (χ3n) is 3.74. The maximum Gasteiger partial charge on any atom is 0.416 e. The van der Waals surface area contributed by atoms with Gasteiger partial charge in [0.05, 0.1) is 22.8 Å². The van der Waals surface area contributed by atoms with Crippen LogP contribution in [-0.4, -0.2) is 35.1 Å². The standard InChI is InChI=1S/C15H17F3N4/c1-9-7-22(8-10(2)20-9)14-6-19-13-5-11(15(16,17)18)3-4-12(13)21-14/h3-6,9-10,20H,7-8H2,1-2H3/t9-,10-/m1/s1. The molecule has 118 valence electrons. The van der Waals surface area contributed by atoms with Gasteiger partial charge in [-0.15, -0.1) is 0 Å². The lowest BCUT2D eigenvalue weighted by Crippen LogP contribution is -2.54. The molecule has 1 fully saturated rings. The number of benzene rings is 1. The second-order valence-corrected chi connectivity index (χ2v) is 5.80. The van der Waals surface area contributed by atoms with Crippen molar-refractivity contribution in [1.29, 1.82) is 0 Å². The third kappa shape index (κ3) is 2.99. The Hall–Kier alpha value is -1.89. The molecule has 0 amide bonds. The summed E-state index contributed by atoms with van der Waals surface area (Å²) in [6, 6.07) is 4.12. The van der Waals surface area contributed by atoms with Crippen LogP contribution < -0.4 is 10.2 Å². The number of fused-ring (bicyclic) bond motifs is 1. The van der Waals surface area contributed by atoms with Crippen molar-refractivity contribution >= 4 is 16.9 Å². The minimum Gasteiger partial charge on any atom is -0.352 e. The van der Waals surface area contributed by atoms with Gasteiger partial charge in [0, 0.05) is 25.2 Å². The van der Waals surface area contributed by atoms with Crippen LogP contribution in [0.15, 0.2) is 24.4 Å². The van der Waals surface area contributed by atoms with E-state index in [1.807, 2.05) is 0 Å². The van der Waals surface area contributed by atoms with Crippen LogP contribution >= 0.6 is 0 Å². The lowest BCUT2D eigenvalue weighted by molar-refractivity contribution is -0.137. The molecule has 0 unspecified atom stereocenters. The van der Waals surface area contributed by atoms with E-state index in [0.717, 1.165) is 25.2 Å². The normalized spacial score (nSPS) is 23.0. The zero-order valence-electron chi connectivity index (χ0n) is 12.4. The highest BCUT2D eigenvalue weighted by Gasteiger charge is 2.30. The Morgan fingerprint density at radius 1 is 1.14 bits per heavy atom. The highest BCUT2D eigenvalue weighted by Crippen LogP contribution is 2.31. The number of aromatic nitrogens is 2. The number of alkyl halides is 3. The first kappa shape index (κ1) is 15.0. The molecule has 2 aromatic rings. The Kier molecular flexibility index (Phi) is 3.68. The van der Waals surface area contributed by atoms with Gasteiger partial charge in [-0.25, -0.2) is 4.98 Å². The SMILES string of the molecule is C[C@@H]1CN(c2cnc3cc(C(F)(F)F)ccc3n2)C[C@@H](C)N1. The molecule has 3 rings (SSSR count). The first-order valence-electron chi connectivity index (χ1n) is 7.18. The van der Waals surface area contributed by atoms with Crippen molar-refractivity contribution in [1.82, 2.24) is 15.3 Å². The lowest BCUT2D eigenvalue weighted by atomic mass is 10.1. The molecule has 1 aromatic heterocycles. The molecule has 1 aliphatic heterocycles. The molecule has 4 nitrogen and oxygen atoms in total. The first-order chi connectivity index (χ1) is 10.3. The van der Waals surface area contributed by atoms with Crippen molar-refractivity contribution in [3.8, 4) is 0 Å². The van der Waals surface area contributed by atoms with E-state index in [9.17, 15) is 13.2 Å². The van der Waals surface area contributed by atoms with Crippen LogP contribution in [0.2, 0.25) is 0 Å². The molecular weight excluding hydrogens is 293 g/mol. The number of anilines is 1. The largest absolute Gasteiger partial charge is 0.416 e. The van der Waals surface area contributed by atoms with Gasteiger partial charge in [0.15, 0.2) is 0 Å². The van der Waals surface area contributed by atoms with Crippen LogP contribution in [0.5, 0.6) is 0 Å². The number of hydrogen-bond donors (Lipinski definition) is 1. The summed E-state index contributed by atoms with van der Waals surface area (Å²) in [5, 5.41) is 3.43. The van der Waals surface area contributed by atoms with E-state index in [1.54, 1.807) is 6.20 Å². The third-order valence-corrected chi connectivity index (χ3v) is 3.74. The quantitative estimate of drug-likeness (QED) is 0.879. The van der Waals surface area contributed by atoms with Crippen molar-refractivity contribution in [3.05, 3.63) is 30.0 Å². The summed E-state index contributed by atoms with van der Waals surface area (Å²) in [5.74, 6) is 0.701. The van der Waals surface area contributed by atoms with E-state index < -0.39 is 11.7 Å². The van der Waals surface area contributed by atoms with Crippen LogP contribution in [0.25, 0.3) is 11.0 Å². The molecule has 0 saturated carbocycles. The smallest absolute Gasteiger partial charge is 0.352 e. The molecule has 1 aliphatic rings. The molecule has 1 aromatic carbocycles. The first-order valence-corrected chi connectivity index (χ1v) is 7.18. The van der Waals surface area contributed by atoms with E-state index in [-0.39, 0.29) is 5.52 Å². The maximum absolute atomic E-state index is 12.7. The van der Waals surface area contributed by atoms with E-state index in [2.05, 4.69) is 34.0 Å². The Morgan fingerprint density at radius 2 is 1.82 bits per heavy atom. The molecule has 1 N–H and O–H groups in total. The zero-order valence-corrected chi connectivity index (χ0v) is 12.4. The van der Waals surface area contributed by atoms with E-state index in [1.165, 1.54) is 6.07 Å². The Bertz CT molecular complexity index is 676. The van der Waals surface area contributed by atoms with E-state index in [0.29, 0.717) is 23.4 Å². The fraction of sp³-hybridized carbons (Fsp3) is 0.467. The van der Waals surface area contributed by atoms with Gasteiger partial charge in [-0.05, 0) is 32.0 Å². The molecule has 0 bridgehead atoms. The minimum atomic E-state index is -4.36. The van der Waals surface area contributed by atoms with Gasteiger partial charge in [-0.1, -0.05) is 0 Å². The van der Waals surface area contributed by atoms with Gasteiger partial charge in [0.2, 0.25) is 0 Å². The van der Waals surface area contributed by atoms with Crippen LogP contribution in [0.4, 0.5) is 19.0 Å². The van der Waals surface area contributed by atoms with Crippen LogP contribution in [0, 0.1) is 0 Å². The van der Waals surface area contributed by atoms with Gasteiger partial charge in [-0.3, -0.25) is 4.98 Å². The number of nitrogens with zero attached hydrogens (tertiary/aromatic N) is 3. The number of nitrogens with one attached hydrogen (secondary N) is 1. The summed E-state index contributed by atoms with van der Waals surface area (Å²) in [6.45, 7) is 5.77. The van der Waals surface area contributed by atoms with Gasteiger partial charge < -0.3 is 10.2 Å². The van der Waals surface area contributed by atoms with Gasteiger partial charge in [0.1, 0.15) is 5.82 Å². The van der Waals surface area contributed by atoms with Gasteiger partial charge >= 0.3 is 6.18 Å². The Balaban J connectivity index is 1.93. The highest BCUT2D eigenvalue weighted by molar-refractivity contribution is 5.76. The second kappa shape index (κ2) is 5.39. The van der Waals surface area contributed by atoms with Crippen molar-refractivity contribution in [2.45, 2.75) is 32.1 Å². The summed E-state index contributed by atoms with van der Waals surface area (Å²) in [5.41, 5.74) is 0.0330. The van der Waals surface area contributed by atoms with Crippen LogP contribution in [0.3, 0.4) is 0 Å². The average molecular weight is 310 g/mol. The number of rotatable bonds is 1. The van der Waals surface area contributed by atoms with Crippen molar-refractivity contribution < 1.29 is 13.2 Å². The summed E-state index contributed by atoms with van der Waals surface area (Å²) >= 11 is 0. The fourth-order valence-electron chi connectivity index (χ4n) is 2.84. The number of piperazine rings is 1. The highest BCUT2D eigenvalue weighted by atomic mass is 19.4. The minimum absolute atomic E-state index is 0.259. The molecule has 22 heavy (non-hydrogen) atoms. The molecule has 1 saturated heterocycles. The zero-order chi connectivity index (χ0) is 15.9. The molecule has 7 heteroatoms. The molecule has 0 radical (unpaired) electrons. The Labute approximate surface area is 126 Å². The molecule has 0 aliphatic carbocycles. The number of halogens is 3. The molecular formula is C15H17F3N4. The fourth-order valence-corrected chi connectivity index (χ4v) is 2.84. The monoisotopic (exact) mass is 310 g/mol. The number of hydrogen-bond acceptors (Lipinski definition) is 4. The van der Waals surface area contributed by atoms with Crippen LogP contribution in [-0.2, 0) is 6.18 Å². The molecule has 2 heterocycles. The Morgan fingerprint density at radius 3 is 2.45 bits per heavy atom. The summed E-state index contributed by atoms with van der Waals surface area (Å²) in [4.78, 5) is 10.7. The predicted molar refractivity (Wildman–Crippen MR) is 78.8 cm³/mol.